The van der Waals surface area contributed by atoms with Crippen molar-refractivity contribution in [2.45, 2.75) is 31.4 Å². The maximum atomic E-state index is 13.9. The monoisotopic (exact) mass is 338 g/mol. The van der Waals surface area contributed by atoms with Crippen molar-refractivity contribution in [2.24, 2.45) is 0 Å². The summed E-state index contributed by atoms with van der Waals surface area (Å²) >= 11 is 0. The number of hydrogen-bond donors (Lipinski definition) is 0. The van der Waals surface area contributed by atoms with E-state index in [4.69, 9.17) is 0 Å². The van der Waals surface area contributed by atoms with Gasteiger partial charge in [-0.25, -0.2) is 8.78 Å². The summed E-state index contributed by atoms with van der Waals surface area (Å²) in [7, 11) is 3.66. The molecular weight excluding hydrogens is 314 g/mol. The van der Waals surface area contributed by atoms with Crippen LogP contribution < -0.4 is 0 Å². The number of alkyl halides is 2. The van der Waals surface area contributed by atoms with Gasteiger partial charge in [0.2, 0.25) is 0 Å². The minimum absolute atomic E-state index is 0.164. The highest BCUT2D eigenvalue weighted by Crippen LogP contribution is 2.35. The van der Waals surface area contributed by atoms with E-state index in [2.05, 4.69) is 9.88 Å². The predicted octanol–water partition coefficient (Wildman–Crippen LogP) is 1.49. The minimum Gasteiger partial charge on any atom is -0.340 e. The summed E-state index contributed by atoms with van der Waals surface area (Å²) in [6.07, 6.45) is 1.45. The van der Waals surface area contributed by atoms with Crippen molar-refractivity contribution in [1.82, 2.24) is 19.7 Å². The van der Waals surface area contributed by atoms with Gasteiger partial charge in [0.25, 0.3) is 11.8 Å². The second-order valence-electron chi connectivity index (χ2n) is 7.08. The summed E-state index contributed by atoms with van der Waals surface area (Å²) in [4.78, 5) is 22.3. The summed E-state index contributed by atoms with van der Waals surface area (Å²) in [6.45, 7) is 3.51. The first-order valence-corrected chi connectivity index (χ1v) is 8.26. The van der Waals surface area contributed by atoms with Gasteiger partial charge in [0.1, 0.15) is 0 Å². The van der Waals surface area contributed by atoms with Crippen LogP contribution in [0.3, 0.4) is 0 Å². The van der Waals surface area contributed by atoms with E-state index < -0.39 is 5.92 Å². The molecule has 0 saturated carbocycles. The molecule has 0 aromatic carbocycles. The third-order valence-electron chi connectivity index (χ3n) is 5.00. The number of aromatic nitrogens is 1. The zero-order chi connectivity index (χ0) is 17.5. The number of rotatable bonds is 4. The van der Waals surface area contributed by atoms with Gasteiger partial charge in [-0.05, 0) is 26.1 Å². The van der Waals surface area contributed by atoms with E-state index in [0.29, 0.717) is 17.8 Å². The molecule has 5 nitrogen and oxygen atoms in total. The lowest BCUT2D eigenvalue weighted by Crippen LogP contribution is -2.60. The number of nitrogens with zero attached hydrogens (tertiary/aromatic N) is 4. The summed E-state index contributed by atoms with van der Waals surface area (Å²) in [5.74, 6) is -2.84. The van der Waals surface area contributed by atoms with E-state index in [-0.39, 0.29) is 31.0 Å². The number of aryl methyl sites for hydroxylation is 1. The first-order valence-electron chi connectivity index (χ1n) is 8.26. The van der Waals surface area contributed by atoms with Crippen LogP contribution in [-0.2, 0) is 0 Å². The molecule has 0 unspecified atom stereocenters. The minimum atomic E-state index is -2.67. The Kier molecular flexibility index (Phi) is 4.57. The summed E-state index contributed by atoms with van der Waals surface area (Å²) in [6, 6.07) is 3.30. The molecule has 2 fully saturated rings. The first kappa shape index (κ1) is 17.2. The Labute approximate surface area is 141 Å². The van der Waals surface area contributed by atoms with Gasteiger partial charge in [0, 0.05) is 57.1 Å². The Bertz CT molecular complexity index is 618. The zero-order valence-corrected chi connectivity index (χ0v) is 14.4. The Hall–Kier alpha value is -1.60. The highest BCUT2D eigenvalue weighted by atomic mass is 19.3. The molecule has 0 spiro atoms. The lowest BCUT2D eigenvalue weighted by Gasteiger charge is -2.44. The van der Waals surface area contributed by atoms with E-state index in [0.717, 1.165) is 13.1 Å². The maximum absolute atomic E-state index is 13.9. The number of amides is 1. The van der Waals surface area contributed by atoms with E-state index >= 15 is 0 Å². The van der Waals surface area contributed by atoms with Crippen molar-refractivity contribution in [3.8, 4) is 0 Å². The van der Waals surface area contributed by atoms with Gasteiger partial charge >= 0.3 is 0 Å². The molecule has 0 aliphatic carbocycles. The van der Waals surface area contributed by atoms with Crippen LogP contribution >= 0.6 is 0 Å². The second-order valence-corrected chi connectivity index (χ2v) is 7.08. The fraction of sp³-hybridized carbons (Fsp3) is 0.647. The number of halogens is 2. The molecule has 2 aliphatic heterocycles. The van der Waals surface area contributed by atoms with Gasteiger partial charge in [0.15, 0.2) is 0 Å². The number of carbonyl (C=O) groups excluding carboxylic acids is 1. The highest BCUT2D eigenvalue weighted by molar-refractivity contribution is 5.95. The molecule has 0 bridgehead atoms. The molecule has 1 amide bonds. The zero-order valence-electron chi connectivity index (χ0n) is 14.4. The van der Waals surface area contributed by atoms with Gasteiger partial charge in [-0.3, -0.25) is 14.7 Å². The van der Waals surface area contributed by atoms with Crippen LogP contribution in [0.1, 0.15) is 22.5 Å². The Balaban J connectivity index is 1.69. The SMILES string of the molecule is Cc1ncccc1C(=O)N(C)C[C@@H]1CC(F)(F)CN1C1CN(C)C1. The van der Waals surface area contributed by atoms with Gasteiger partial charge in [-0.1, -0.05) is 0 Å². The molecule has 1 aromatic rings. The van der Waals surface area contributed by atoms with Crippen LogP contribution in [0, 0.1) is 6.92 Å². The summed E-state index contributed by atoms with van der Waals surface area (Å²) in [5, 5.41) is 0. The third kappa shape index (κ3) is 3.42. The van der Waals surface area contributed by atoms with Gasteiger partial charge < -0.3 is 9.80 Å². The van der Waals surface area contributed by atoms with Gasteiger partial charge in [-0.15, -0.1) is 0 Å². The lowest BCUT2D eigenvalue weighted by atomic mass is 10.1. The topological polar surface area (TPSA) is 39.7 Å². The predicted molar refractivity (Wildman–Crippen MR) is 87.3 cm³/mol. The molecule has 7 heteroatoms. The smallest absolute Gasteiger partial charge is 0.262 e. The molecule has 3 heterocycles. The number of pyridine rings is 1. The molecule has 132 valence electrons. The van der Waals surface area contributed by atoms with Crippen LogP contribution in [0.2, 0.25) is 0 Å². The van der Waals surface area contributed by atoms with Crippen LogP contribution in [0.5, 0.6) is 0 Å². The molecule has 1 atom stereocenters. The molecule has 3 rings (SSSR count). The fourth-order valence-electron chi connectivity index (χ4n) is 3.71. The molecule has 0 N–H and O–H groups in total. The number of likely N-dealkylation sites (N-methyl/N-ethyl adjacent to an activating group) is 2. The van der Waals surface area contributed by atoms with Gasteiger partial charge in [0.05, 0.1) is 12.1 Å². The van der Waals surface area contributed by atoms with Crippen molar-refractivity contribution >= 4 is 5.91 Å². The fourth-order valence-corrected chi connectivity index (χ4v) is 3.71. The second kappa shape index (κ2) is 6.37. The van der Waals surface area contributed by atoms with Crippen molar-refractivity contribution in [2.75, 3.05) is 40.3 Å². The van der Waals surface area contributed by atoms with Crippen LogP contribution in [-0.4, -0.2) is 83.9 Å². The number of carbonyl (C=O) groups is 1. The normalized spacial score (nSPS) is 24.8. The van der Waals surface area contributed by atoms with Crippen molar-refractivity contribution in [1.29, 1.82) is 0 Å². The molecular formula is C17H24F2N4O. The quantitative estimate of drug-likeness (QED) is 0.834. The molecule has 24 heavy (non-hydrogen) atoms. The maximum Gasteiger partial charge on any atom is 0.262 e. The lowest BCUT2D eigenvalue weighted by molar-refractivity contribution is -0.00983. The van der Waals surface area contributed by atoms with E-state index in [1.165, 1.54) is 0 Å². The molecule has 2 aliphatic rings. The van der Waals surface area contributed by atoms with Crippen molar-refractivity contribution in [3.05, 3.63) is 29.6 Å². The van der Waals surface area contributed by atoms with Crippen LogP contribution in [0.15, 0.2) is 18.3 Å². The largest absolute Gasteiger partial charge is 0.340 e. The van der Waals surface area contributed by atoms with Crippen LogP contribution in [0.4, 0.5) is 8.78 Å². The standard InChI is InChI=1S/C17H24F2N4O/c1-12-15(5-4-6-20-12)16(24)22(3)10-13-7-17(18,19)11-23(13)14-8-21(2)9-14/h4-6,13-14H,7-11H2,1-3H3/t13-/m0/s1. The number of hydrogen-bond acceptors (Lipinski definition) is 4. The molecule has 0 radical (unpaired) electrons. The summed E-state index contributed by atoms with van der Waals surface area (Å²) < 4.78 is 27.9. The van der Waals surface area contributed by atoms with Crippen molar-refractivity contribution in [3.63, 3.8) is 0 Å². The molecule has 2 saturated heterocycles. The Morgan fingerprint density at radius 2 is 2.17 bits per heavy atom. The van der Waals surface area contributed by atoms with Crippen molar-refractivity contribution < 1.29 is 13.6 Å². The number of likely N-dealkylation sites (tertiary alicyclic amines) is 2. The average Bonchev–Trinajstić information content (AvgIpc) is 2.78. The first-order chi connectivity index (χ1) is 11.3. The summed E-state index contributed by atoms with van der Waals surface area (Å²) in [5.41, 5.74) is 1.18. The van der Waals surface area contributed by atoms with E-state index in [1.807, 2.05) is 11.9 Å². The van der Waals surface area contributed by atoms with Gasteiger partial charge in [-0.2, -0.15) is 0 Å². The Morgan fingerprint density at radius 3 is 2.79 bits per heavy atom. The molecule has 1 aromatic heterocycles. The van der Waals surface area contributed by atoms with E-state index in [9.17, 15) is 13.6 Å². The average molecular weight is 338 g/mol. The van der Waals surface area contributed by atoms with Crippen LogP contribution in [0.25, 0.3) is 0 Å². The highest BCUT2D eigenvalue weighted by Gasteiger charge is 2.49. The van der Waals surface area contributed by atoms with E-state index in [1.54, 1.807) is 37.2 Å². The third-order valence-corrected chi connectivity index (χ3v) is 5.00. The Morgan fingerprint density at radius 1 is 1.46 bits per heavy atom.